The Bertz CT molecular complexity index is 616. The number of rotatable bonds is 8. The summed E-state index contributed by atoms with van der Waals surface area (Å²) in [5.74, 6) is 2.25. The molecule has 2 aromatic rings. The molecule has 2 rings (SSSR count). The van der Waals surface area contributed by atoms with Crippen molar-refractivity contribution in [3.8, 4) is 0 Å². The molecule has 0 N–H and O–H groups in total. The van der Waals surface area contributed by atoms with Crippen molar-refractivity contribution >= 4 is 17.5 Å². The number of furan rings is 1. The Morgan fingerprint density at radius 1 is 1.45 bits per heavy atom. The van der Waals surface area contributed by atoms with E-state index in [1.54, 1.807) is 25.1 Å². The highest BCUT2D eigenvalue weighted by atomic mass is 32.2. The maximum Gasteiger partial charge on any atom is 0.174 e. The molecule has 1 unspecified atom stereocenters. The molecule has 0 aliphatic heterocycles. The summed E-state index contributed by atoms with van der Waals surface area (Å²) in [4.78, 5) is 12.4. The average Bonchev–Trinajstić information content (AvgIpc) is 3.07. The minimum atomic E-state index is 0.167. The summed E-state index contributed by atoms with van der Waals surface area (Å²) in [5.41, 5.74) is 2.93. The van der Waals surface area contributed by atoms with Gasteiger partial charge in [0.25, 0.3) is 0 Å². The number of aromatic nitrogens is 1. The minimum Gasteiger partial charge on any atom is -0.468 e. The van der Waals surface area contributed by atoms with Crippen LogP contribution in [0.2, 0.25) is 0 Å². The van der Waals surface area contributed by atoms with Gasteiger partial charge in [-0.15, -0.1) is 11.8 Å². The number of hydrogen-bond donors (Lipinski definition) is 0. The van der Waals surface area contributed by atoms with Crippen molar-refractivity contribution in [2.75, 3.05) is 19.5 Å². The Balaban J connectivity index is 2.02. The molecule has 0 radical (unpaired) electrons. The second kappa shape index (κ2) is 7.70. The van der Waals surface area contributed by atoms with E-state index >= 15 is 0 Å². The van der Waals surface area contributed by atoms with Crippen LogP contribution in [0, 0.1) is 13.8 Å². The Morgan fingerprint density at radius 3 is 2.86 bits per heavy atom. The van der Waals surface area contributed by atoms with Gasteiger partial charge in [0.2, 0.25) is 0 Å². The van der Waals surface area contributed by atoms with Crippen LogP contribution >= 0.6 is 11.8 Å². The minimum absolute atomic E-state index is 0.167. The number of nitrogens with zero attached hydrogens (tertiary/aromatic N) is 1. The molecule has 120 valence electrons. The summed E-state index contributed by atoms with van der Waals surface area (Å²) in [7, 11) is 1.70. The van der Waals surface area contributed by atoms with Gasteiger partial charge in [0.15, 0.2) is 5.78 Å². The summed E-state index contributed by atoms with van der Waals surface area (Å²) in [6.07, 6.45) is 1.66. The van der Waals surface area contributed by atoms with Gasteiger partial charge < -0.3 is 13.7 Å². The summed E-state index contributed by atoms with van der Waals surface area (Å²) in [5, 5.41) is 0. The SMILES string of the molecule is COCC(C)n1c(C)cc(C(=O)CSCc2ccco2)c1C. The zero-order valence-electron chi connectivity index (χ0n) is 13.6. The van der Waals surface area contributed by atoms with E-state index in [0.29, 0.717) is 12.4 Å². The zero-order chi connectivity index (χ0) is 16.1. The number of carbonyl (C=O) groups excluding carboxylic acids is 1. The molecular formula is C17H23NO3S. The van der Waals surface area contributed by atoms with Crippen molar-refractivity contribution < 1.29 is 13.9 Å². The first-order chi connectivity index (χ1) is 10.5. The molecular weight excluding hydrogens is 298 g/mol. The molecule has 1 atom stereocenters. The number of hydrogen-bond acceptors (Lipinski definition) is 4. The van der Waals surface area contributed by atoms with Gasteiger partial charge in [-0.1, -0.05) is 0 Å². The topological polar surface area (TPSA) is 44.4 Å². The van der Waals surface area contributed by atoms with Gasteiger partial charge in [-0.2, -0.15) is 0 Å². The summed E-state index contributed by atoms with van der Waals surface area (Å²) < 4.78 is 12.7. The van der Waals surface area contributed by atoms with Crippen LogP contribution in [0.25, 0.3) is 0 Å². The molecule has 0 aromatic carbocycles. The lowest BCUT2D eigenvalue weighted by Crippen LogP contribution is -2.14. The van der Waals surface area contributed by atoms with Gasteiger partial charge in [0.05, 0.1) is 30.4 Å². The Morgan fingerprint density at radius 2 is 2.23 bits per heavy atom. The second-order valence-corrected chi connectivity index (χ2v) is 6.44. The van der Waals surface area contributed by atoms with Crippen LogP contribution in [0.15, 0.2) is 28.9 Å². The molecule has 2 heterocycles. The lowest BCUT2D eigenvalue weighted by atomic mass is 10.2. The number of ketones is 1. The number of aryl methyl sites for hydroxylation is 1. The summed E-state index contributed by atoms with van der Waals surface area (Å²) in [6, 6.07) is 6.00. The van der Waals surface area contributed by atoms with Crippen molar-refractivity contribution in [1.82, 2.24) is 4.57 Å². The van der Waals surface area contributed by atoms with E-state index in [1.165, 1.54) is 0 Å². The Hall–Kier alpha value is -1.46. The fraction of sp³-hybridized carbons (Fsp3) is 0.471. The van der Waals surface area contributed by atoms with Crippen LogP contribution in [0.3, 0.4) is 0 Å². The Kier molecular flexibility index (Phi) is 5.91. The van der Waals surface area contributed by atoms with Crippen molar-refractivity contribution in [1.29, 1.82) is 0 Å². The fourth-order valence-corrected chi connectivity index (χ4v) is 3.58. The van der Waals surface area contributed by atoms with Gasteiger partial charge >= 0.3 is 0 Å². The molecule has 0 spiro atoms. The molecule has 0 fully saturated rings. The lowest BCUT2D eigenvalue weighted by molar-refractivity contribution is 0.102. The Labute approximate surface area is 135 Å². The van der Waals surface area contributed by atoms with Crippen molar-refractivity contribution in [3.63, 3.8) is 0 Å². The van der Waals surface area contributed by atoms with Crippen molar-refractivity contribution in [2.24, 2.45) is 0 Å². The molecule has 4 nitrogen and oxygen atoms in total. The molecule has 0 aliphatic carbocycles. The van der Waals surface area contributed by atoms with Crippen LogP contribution in [0.4, 0.5) is 0 Å². The number of ether oxygens (including phenoxy) is 1. The molecule has 0 aliphatic rings. The van der Waals surface area contributed by atoms with Crippen LogP contribution in [-0.2, 0) is 10.5 Å². The van der Waals surface area contributed by atoms with Crippen LogP contribution in [0.5, 0.6) is 0 Å². The van der Waals surface area contributed by atoms with Gasteiger partial charge in [-0.05, 0) is 39.0 Å². The third kappa shape index (κ3) is 3.84. The third-order valence-electron chi connectivity index (χ3n) is 3.69. The first-order valence-corrected chi connectivity index (χ1v) is 8.50. The quantitative estimate of drug-likeness (QED) is 0.689. The highest BCUT2D eigenvalue weighted by Gasteiger charge is 2.18. The number of thioether (sulfide) groups is 1. The third-order valence-corrected chi connectivity index (χ3v) is 4.65. The average molecular weight is 321 g/mol. The van der Waals surface area contributed by atoms with E-state index in [-0.39, 0.29) is 11.8 Å². The van der Waals surface area contributed by atoms with E-state index in [2.05, 4.69) is 11.5 Å². The highest BCUT2D eigenvalue weighted by molar-refractivity contribution is 7.99. The zero-order valence-corrected chi connectivity index (χ0v) is 14.4. The van der Waals surface area contributed by atoms with Crippen LogP contribution in [-0.4, -0.2) is 29.8 Å². The standard InChI is InChI=1S/C17H23NO3S/c1-12-8-16(14(3)18(12)13(2)9-20-4)17(19)11-22-10-15-6-5-7-21-15/h5-8,13H,9-11H2,1-4H3. The summed E-state index contributed by atoms with van der Waals surface area (Å²) in [6.45, 7) is 6.77. The van der Waals surface area contributed by atoms with Gasteiger partial charge in [0.1, 0.15) is 5.76 Å². The van der Waals surface area contributed by atoms with Gasteiger partial charge in [-0.3, -0.25) is 4.79 Å². The van der Waals surface area contributed by atoms with Crippen LogP contribution in [0.1, 0.15) is 40.5 Å². The molecule has 0 bridgehead atoms. The maximum absolute atomic E-state index is 12.4. The first kappa shape index (κ1) is 16.9. The van der Waals surface area contributed by atoms with E-state index in [9.17, 15) is 4.79 Å². The number of methoxy groups -OCH3 is 1. The maximum atomic E-state index is 12.4. The normalized spacial score (nSPS) is 12.5. The summed E-state index contributed by atoms with van der Waals surface area (Å²) >= 11 is 1.58. The van der Waals surface area contributed by atoms with Crippen LogP contribution < -0.4 is 0 Å². The fourth-order valence-electron chi connectivity index (χ4n) is 2.77. The molecule has 5 heteroatoms. The number of Topliss-reactive ketones (excluding diaryl/α,β-unsaturated/α-hetero) is 1. The largest absolute Gasteiger partial charge is 0.468 e. The van der Waals surface area contributed by atoms with Gasteiger partial charge in [0, 0.05) is 24.1 Å². The van der Waals surface area contributed by atoms with E-state index in [0.717, 1.165) is 28.5 Å². The van der Waals surface area contributed by atoms with E-state index < -0.39 is 0 Å². The van der Waals surface area contributed by atoms with E-state index in [1.807, 2.05) is 32.0 Å². The van der Waals surface area contributed by atoms with Crippen molar-refractivity contribution in [3.05, 3.63) is 47.2 Å². The van der Waals surface area contributed by atoms with Gasteiger partial charge in [-0.25, -0.2) is 0 Å². The molecule has 0 saturated heterocycles. The molecule has 22 heavy (non-hydrogen) atoms. The monoisotopic (exact) mass is 321 g/mol. The predicted octanol–water partition coefficient (Wildman–Crippen LogP) is 4.02. The second-order valence-electron chi connectivity index (χ2n) is 5.45. The smallest absolute Gasteiger partial charge is 0.174 e. The molecule has 0 saturated carbocycles. The molecule has 2 aromatic heterocycles. The predicted molar refractivity (Wildman–Crippen MR) is 89.7 cm³/mol. The number of carbonyl (C=O) groups is 1. The van der Waals surface area contributed by atoms with E-state index in [4.69, 9.17) is 9.15 Å². The molecule has 0 amide bonds. The lowest BCUT2D eigenvalue weighted by Gasteiger charge is -2.17. The first-order valence-electron chi connectivity index (χ1n) is 7.35. The highest BCUT2D eigenvalue weighted by Crippen LogP contribution is 2.23. The van der Waals surface area contributed by atoms with Crippen molar-refractivity contribution in [2.45, 2.75) is 32.6 Å².